The fraction of sp³-hybridized carbons (Fsp3) is 0.348. The first-order chi connectivity index (χ1) is 16.7. The third-order valence-corrected chi connectivity index (χ3v) is 5.04. The molecule has 194 valence electrons. The summed E-state index contributed by atoms with van der Waals surface area (Å²) in [4.78, 5) is 39.5. The van der Waals surface area contributed by atoms with Gasteiger partial charge in [0, 0.05) is 11.1 Å². The third-order valence-electron chi connectivity index (χ3n) is 5.04. The predicted octanol–water partition coefficient (Wildman–Crippen LogP) is 2.15. The number of aromatic hydroxyl groups is 6. The van der Waals surface area contributed by atoms with Gasteiger partial charge >= 0.3 is 18.0 Å². The van der Waals surface area contributed by atoms with E-state index in [1.807, 2.05) is 0 Å². The molecule has 0 fully saturated rings. The van der Waals surface area contributed by atoms with Gasteiger partial charge < -0.3 is 49.7 Å². The Morgan fingerprint density at radius 2 is 1.17 bits per heavy atom. The minimum atomic E-state index is -1.19. The highest BCUT2D eigenvalue weighted by Gasteiger charge is 2.33. The normalized spacial score (nSPS) is 14.8. The number of esters is 2. The summed E-state index contributed by atoms with van der Waals surface area (Å²) in [5, 5.41) is 61.1. The second-order valence-corrected chi connectivity index (χ2v) is 8.77. The molecule has 6 N–H and O–H groups in total. The van der Waals surface area contributed by atoms with Gasteiger partial charge in [0.15, 0.2) is 23.0 Å². The Hall–Kier alpha value is -4.55. The first-order valence-corrected chi connectivity index (χ1v) is 10.6. The number of cyclic esters (lactones) is 2. The number of phenols is 6. The Balaban J connectivity index is 2.19. The maximum absolute atomic E-state index is 12.9. The van der Waals surface area contributed by atoms with Crippen molar-refractivity contribution in [2.75, 3.05) is 26.3 Å². The van der Waals surface area contributed by atoms with Crippen LogP contribution in [0.1, 0.15) is 41.5 Å². The third kappa shape index (κ3) is 5.09. The smallest absolute Gasteiger partial charge is 0.410 e. The van der Waals surface area contributed by atoms with Crippen LogP contribution in [0.4, 0.5) is 4.79 Å². The van der Waals surface area contributed by atoms with E-state index >= 15 is 0 Å². The van der Waals surface area contributed by atoms with E-state index < -0.39 is 93.6 Å². The molecular formula is C23H25NO12. The largest absolute Gasteiger partial charge is 0.504 e. The van der Waals surface area contributed by atoms with Crippen LogP contribution in [0.15, 0.2) is 12.1 Å². The minimum absolute atomic E-state index is 0.191. The Morgan fingerprint density at radius 1 is 0.778 bits per heavy atom. The molecule has 1 aliphatic heterocycles. The zero-order valence-corrected chi connectivity index (χ0v) is 19.6. The molecule has 0 aliphatic carbocycles. The van der Waals surface area contributed by atoms with Crippen LogP contribution in [-0.4, -0.2) is 85.5 Å². The molecule has 2 aromatic carbocycles. The molecule has 0 radical (unpaired) electrons. The second-order valence-electron chi connectivity index (χ2n) is 8.77. The van der Waals surface area contributed by atoms with Gasteiger partial charge in [0.2, 0.25) is 11.5 Å². The minimum Gasteiger partial charge on any atom is -0.504 e. The van der Waals surface area contributed by atoms with Crippen LogP contribution in [-0.2, 0) is 14.2 Å². The van der Waals surface area contributed by atoms with E-state index in [4.69, 9.17) is 14.2 Å². The lowest BCUT2D eigenvalue weighted by atomic mass is 9.92. The van der Waals surface area contributed by atoms with Gasteiger partial charge in [-0.15, -0.1) is 0 Å². The Bertz CT molecular complexity index is 1150. The van der Waals surface area contributed by atoms with Crippen molar-refractivity contribution < 1.29 is 59.2 Å². The lowest BCUT2D eigenvalue weighted by Crippen LogP contribution is -2.41. The fourth-order valence-corrected chi connectivity index (χ4v) is 3.39. The van der Waals surface area contributed by atoms with Gasteiger partial charge in [0.1, 0.15) is 18.8 Å². The first-order valence-electron chi connectivity index (χ1n) is 10.6. The standard InChI is InChI=1S/C23H25NO12/c1-23(2,3)36-22(33)24-4-6-34-20(31)10-8-12(25)16(27)18(29)14(10)15-11(21(32)35-7-5-24)9-13(26)17(28)19(15)30/h8-9,25-30H,4-7H2,1-3H3. The zero-order chi connectivity index (χ0) is 26.9. The van der Waals surface area contributed by atoms with Crippen molar-refractivity contribution in [2.24, 2.45) is 0 Å². The molecule has 0 saturated carbocycles. The van der Waals surface area contributed by atoms with E-state index in [1.165, 1.54) is 0 Å². The van der Waals surface area contributed by atoms with Gasteiger partial charge in [0.25, 0.3) is 0 Å². The Kier molecular flexibility index (Phi) is 6.95. The highest BCUT2D eigenvalue weighted by Crippen LogP contribution is 2.52. The summed E-state index contributed by atoms with van der Waals surface area (Å²) in [6, 6.07) is 1.41. The van der Waals surface area contributed by atoms with Crippen LogP contribution in [0.5, 0.6) is 34.5 Å². The topological polar surface area (TPSA) is 204 Å². The maximum Gasteiger partial charge on any atom is 0.410 e. The highest BCUT2D eigenvalue weighted by molar-refractivity contribution is 6.08. The summed E-state index contributed by atoms with van der Waals surface area (Å²) in [5.41, 5.74) is -3.49. The summed E-state index contributed by atoms with van der Waals surface area (Å²) in [6.45, 7) is 3.75. The van der Waals surface area contributed by atoms with E-state index in [1.54, 1.807) is 20.8 Å². The van der Waals surface area contributed by atoms with Crippen molar-refractivity contribution in [1.29, 1.82) is 0 Å². The molecule has 1 amide bonds. The summed E-state index contributed by atoms with van der Waals surface area (Å²) >= 11 is 0. The van der Waals surface area contributed by atoms with Crippen LogP contribution >= 0.6 is 0 Å². The first kappa shape index (κ1) is 26.1. The second kappa shape index (κ2) is 9.60. The number of nitrogens with zero attached hydrogens (tertiary/aromatic N) is 1. The number of benzene rings is 2. The van der Waals surface area contributed by atoms with Gasteiger partial charge in [-0.05, 0) is 32.9 Å². The lowest BCUT2D eigenvalue weighted by Gasteiger charge is -2.27. The number of fused-ring (bicyclic) bond motifs is 3. The molecule has 0 spiro atoms. The quantitative estimate of drug-likeness (QED) is 0.172. The fourth-order valence-electron chi connectivity index (χ4n) is 3.39. The Labute approximate surface area is 204 Å². The summed E-state index contributed by atoms with van der Waals surface area (Å²) in [7, 11) is 0. The number of phenolic OH excluding ortho intramolecular Hbond substituents is 6. The molecule has 36 heavy (non-hydrogen) atoms. The lowest BCUT2D eigenvalue weighted by molar-refractivity contribution is 0.0100. The van der Waals surface area contributed by atoms with Crippen molar-refractivity contribution >= 4 is 18.0 Å². The maximum atomic E-state index is 12.9. The van der Waals surface area contributed by atoms with E-state index in [9.17, 15) is 45.0 Å². The van der Waals surface area contributed by atoms with Gasteiger partial charge in [-0.3, -0.25) is 0 Å². The van der Waals surface area contributed by atoms with E-state index in [0.29, 0.717) is 12.1 Å². The monoisotopic (exact) mass is 507 g/mol. The number of hydrogen-bond donors (Lipinski definition) is 6. The van der Waals surface area contributed by atoms with Gasteiger partial charge in [0.05, 0.1) is 24.2 Å². The Morgan fingerprint density at radius 3 is 1.53 bits per heavy atom. The SMILES string of the molecule is CC(C)(C)OC(=O)N1CCOC(=O)c2cc(O)c(O)c(O)c2-c2c(cc(O)c(O)c2O)C(=O)OCC1. The van der Waals surface area contributed by atoms with Gasteiger partial charge in [-0.25, -0.2) is 14.4 Å². The molecule has 2 aromatic rings. The van der Waals surface area contributed by atoms with E-state index in [-0.39, 0.29) is 13.1 Å². The van der Waals surface area contributed by atoms with Crippen LogP contribution < -0.4 is 0 Å². The molecule has 0 bridgehead atoms. The van der Waals surface area contributed by atoms with E-state index in [2.05, 4.69) is 0 Å². The van der Waals surface area contributed by atoms with Crippen molar-refractivity contribution in [3.05, 3.63) is 23.3 Å². The van der Waals surface area contributed by atoms with E-state index in [0.717, 1.165) is 4.90 Å². The van der Waals surface area contributed by atoms with Gasteiger partial charge in [-0.2, -0.15) is 0 Å². The summed E-state index contributed by atoms with van der Waals surface area (Å²) in [6.07, 6.45) is -0.786. The number of amides is 1. The molecule has 0 saturated heterocycles. The molecule has 0 aromatic heterocycles. The predicted molar refractivity (Wildman–Crippen MR) is 120 cm³/mol. The number of carbonyl (C=O) groups is 3. The van der Waals surface area contributed by atoms with Crippen LogP contribution in [0.25, 0.3) is 11.1 Å². The number of ether oxygens (including phenoxy) is 3. The average Bonchev–Trinajstić information content (AvgIpc) is 2.79. The number of rotatable bonds is 0. The van der Waals surface area contributed by atoms with Crippen LogP contribution in [0.3, 0.4) is 0 Å². The summed E-state index contributed by atoms with van der Waals surface area (Å²) in [5.74, 6) is -8.73. The molecule has 0 atom stereocenters. The van der Waals surface area contributed by atoms with Crippen LogP contribution in [0.2, 0.25) is 0 Å². The van der Waals surface area contributed by atoms with Crippen molar-refractivity contribution in [3.63, 3.8) is 0 Å². The highest BCUT2D eigenvalue weighted by atomic mass is 16.6. The molecule has 13 nitrogen and oxygen atoms in total. The summed E-state index contributed by atoms with van der Waals surface area (Å²) < 4.78 is 15.6. The molecule has 0 unspecified atom stereocenters. The van der Waals surface area contributed by atoms with Crippen molar-refractivity contribution in [1.82, 2.24) is 4.90 Å². The number of carbonyl (C=O) groups excluding carboxylic acids is 3. The average molecular weight is 507 g/mol. The van der Waals surface area contributed by atoms with Gasteiger partial charge in [-0.1, -0.05) is 0 Å². The molecule has 1 aliphatic rings. The molecule has 13 heteroatoms. The van der Waals surface area contributed by atoms with Crippen LogP contribution in [0, 0.1) is 0 Å². The zero-order valence-electron chi connectivity index (χ0n) is 19.6. The molecular weight excluding hydrogens is 482 g/mol. The molecule has 1 heterocycles. The molecule has 3 rings (SSSR count). The van der Waals surface area contributed by atoms with Crippen molar-refractivity contribution in [2.45, 2.75) is 26.4 Å². The van der Waals surface area contributed by atoms with Crippen molar-refractivity contribution in [3.8, 4) is 45.6 Å². The number of hydrogen-bond acceptors (Lipinski definition) is 12.